The van der Waals surface area contributed by atoms with Crippen LogP contribution in [0, 0.1) is 6.92 Å². The van der Waals surface area contributed by atoms with E-state index in [1.165, 1.54) is 4.31 Å². The molecule has 0 unspecified atom stereocenters. The van der Waals surface area contributed by atoms with Gasteiger partial charge in [0.1, 0.15) is 0 Å². The highest BCUT2D eigenvalue weighted by Crippen LogP contribution is 2.18. The molecule has 0 radical (unpaired) electrons. The molecule has 0 spiro atoms. The summed E-state index contributed by atoms with van der Waals surface area (Å²) >= 11 is 0. The first-order valence-corrected chi connectivity index (χ1v) is 10.0. The Bertz CT molecular complexity index is 690. The van der Waals surface area contributed by atoms with Crippen LogP contribution < -0.4 is 10.2 Å². The third kappa shape index (κ3) is 3.79. The lowest BCUT2D eigenvalue weighted by Crippen LogP contribution is -3.19. The Morgan fingerprint density at radius 3 is 2.33 bits per heavy atom. The molecule has 132 valence electrons. The number of quaternary nitrogens is 1. The minimum atomic E-state index is -3.44. The normalized spacial score (nSPS) is 21.4. The summed E-state index contributed by atoms with van der Waals surface area (Å²) < 4.78 is 26.9. The third-order valence-electron chi connectivity index (χ3n) is 4.95. The second kappa shape index (κ2) is 6.82. The Hall–Kier alpha value is -1.44. The van der Waals surface area contributed by atoms with Gasteiger partial charge in [-0.2, -0.15) is 4.31 Å². The first-order valence-electron chi connectivity index (χ1n) is 8.59. The molecule has 1 saturated heterocycles. The number of rotatable bonds is 5. The van der Waals surface area contributed by atoms with E-state index in [-0.39, 0.29) is 11.9 Å². The van der Waals surface area contributed by atoms with Crippen molar-refractivity contribution in [1.29, 1.82) is 0 Å². The quantitative estimate of drug-likeness (QED) is 0.754. The van der Waals surface area contributed by atoms with Crippen LogP contribution in [0.1, 0.15) is 25.3 Å². The number of benzene rings is 1. The van der Waals surface area contributed by atoms with Crippen molar-refractivity contribution in [2.45, 2.75) is 43.7 Å². The maximum Gasteiger partial charge on any atom is 0.278 e. The van der Waals surface area contributed by atoms with Crippen LogP contribution in [0.2, 0.25) is 0 Å². The van der Waals surface area contributed by atoms with Gasteiger partial charge >= 0.3 is 0 Å². The molecule has 1 aliphatic carbocycles. The molecule has 24 heavy (non-hydrogen) atoms. The fourth-order valence-electron chi connectivity index (χ4n) is 3.05. The number of nitrogens with zero attached hydrogens (tertiary/aromatic N) is 1. The molecule has 2 aliphatic rings. The van der Waals surface area contributed by atoms with E-state index in [0.29, 0.717) is 37.1 Å². The maximum absolute atomic E-state index is 12.7. The van der Waals surface area contributed by atoms with Crippen LogP contribution in [0.5, 0.6) is 0 Å². The second-order valence-electron chi connectivity index (χ2n) is 6.88. The monoisotopic (exact) mass is 352 g/mol. The first kappa shape index (κ1) is 17.4. The molecule has 1 heterocycles. The molecule has 1 aromatic carbocycles. The summed E-state index contributed by atoms with van der Waals surface area (Å²) in [5, 5.41) is 3.03. The lowest BCUT2D eigenvalue weighted by atomic mass is 10.2. The summed E-state index contributed by atoms with van der Waals surface area (Å²) in [6.45, 7) is 6.08. The SMILES string of the molecule is Cc1ccc(S(=O)(=O)N2CC[NH+]([C@@H](C)C(=O)NC3CC3)CC2)cc1. The molecule has 0 aromatic heterocycles. The summed E-state index contributed by atoms with van der Waals surface area (Å²) in [4.78, 5) is 13.7. The molecule has 1 aliphatic heterocycles. The molecule has 7 heteroatoms. The van der Waals surface area contributed by atoms with Crippen molar-refractivity contribution in [3.8, 4) is 0 Å². The van der Waals surface area contributed by atoms with Crippen molar-refractivity contribution in [3.63, 3.8) is 0 Å². The Morgan fingerprint density at radius 1 is 1.21 bits per heavy atom. The van der Waals surface area contributed by atoms with E-state index in [1.54, 1.807) is 12.1 Å². The number of carbonyl (C=O) groups excluding carboxylic acids is 1. The molecule has 3 rings (SSSR count). The number of aryl methyl sites for hydroxylation is 1. The van der Waals surface area contributed by atoms with E-state index < -0.39 is 10.0 Å². The lowest BCUT2D eigenvalue weighted by molar-refractivity contribution is -0.917. The predicted molar refractivity (Wildman–Crippen MR) is 91.3 cm³/mol. The molecule has 2 fully saturated rings. The van der Waals surface area contributed by atoms with E-state index in [9.17, 15) is 13.2 Å². The third-order valence-corrected chi connectivity index (χ3v) is 6.87. The van der Waals surface area contributed by atoms with Crippen molar-refractivity contribution in [2.75, 3.05) is 26.2 Å². The van der Waals surface area contributed by atoms with Crippen molar-refractivity contribution in [2.24, 2.45) is 0 Å². The maximum atomic E-state index is 12.7. The van der Waals surface area contributed by atoms with E-state index in [1.807, 2.05) is 26.0 Å². The highest BCUT2D eigenvalue weighted by molar-refractivity contribution is 7.89. The highest BCUT2D eigenvalue weighted by atomic mass is 32.2. The summed E-state index contributed by atoms with van der Waals surface area (Å²) in [7, 11) is -3.44. The fraction of sp³-hybridized carbons (Fsp3) is 0.588. The van der Waals surface area contributed by atoms with E-state index in [2.05, 4.69) is 5.32 Å². The molecule has 1 saturated carbocycles. The number of hydrogen-bond donors (Lipinski definition) is 2. The Balaban J connectivity index is 1.59. The standard InChI is InChI=1S/C17H25N3O3S/c1-13-3-7-16(8-4-13)24(22,23)20-11-9-19(10-12-20)14(2)17(21)18-15-5-6-15/h3-4,7-8,14-15H,5-6,9-12H2,1-2H3,(H,18,21)/p+1/t14-/m0/s1. The zero-order valence-electron chi connectivity index (χ0n) is 14.3. The zero-order chi connectivity index (χ0) is 17.3. The van der Waals surface area contributed by atoms with Gasteiger partial charge in [0, 0.05) is 6.04 Å². The number of hydrogen-bond acceptors (Lipinski definition) is 3. The smallest absolute Gasteiger partial charge is 0.278 e. The van der Waals surface area contributed by atoms with Crippen LogP contribution in [-0.2, 0) is 14.8 Å². The van der Waals surface area contributed by atoms with Crippen molar-refractivity contribution in [3.05, 3.63) is 29.8 Å². The van der Waals surface area contributed by atoms with Crippen LogP contribution in [0.4, 0.5) is 0 Å². The largest absolute Gasteiger partial charge is 0.348 e. The van der Waals surface area contributed by atoms with Gasteiger partial charge in [-0.3, -0.25) is 4.79 Å². The van der Waals surface area contributed by atoms with Gasteiger partial charge in [0.15, 0.2) is 6.04 Å². The molecular weight excluding hydrogens is 326 g/mol. The number of nitrogens with one attached hydrogen (secondary N) is 2. The molecule has 1 aromatic rings. The van der Waals surface area contributed by atoms with Crippen LogP contribution in [0.25, 0.3) is 0 Å². The predicted octanol–water partition coefficient (Wildman–Crippen LogP) is -0.449. The van der Waals surface area contributed by atoms with Gasteiger partial charge in [0.2, 0.25) is 10.0 Å². The minimum absolute atomic E-state index is 0.0855. The molecule has 0 bridgehead atoms. The van der Waals surface area contributed by atoms with Crippen LogP contribution in [0.15, 0.2) is 29.2 Å². The van der Waals surface area contributed by atoms with Gasteiger partial charge in [-0.15, -0.1) is 0 Å². The molecule has 2 N–H and O–H groups in total. The Kier molecular flexibility index (Phi) is 4.94. The number of carbonyl (C=O) groups is 1. The van der Waals surface area contributed by atoms with Gasteiger partial charge in [-0.05, 0) is 38.8 Å². The minimum Gasteiger partial charge on any atom is -0.348 e. The van der Waals surface area contributed by atoms with Crippen LogP contribution in [0.3, 0.4) is 0 Å². The Labute approximate surface area is 143 Å². The topological polar surface area (TPSA) is 70.9 Å². The van der Waals surface area contributed by atoms with Crippen molar-refractivity contribution < 1.29 is 18.1 Å². The molecule has 1 atom stereocenters. The van der Waals surface area contributed by atoms with Crippen LogP contribution >= 0.6 is 0 Å². The molecule has 1 amide bonds. The average molecular weight is 352 g/mol. The van der Waals surface area contributed by atoms with Crippen molar-refractivity contribution in [1.82, 2.24) is 9.62 Å². The van der Waals surface area contributed by atoms with E-state index >= 15 is 0 Å². The molecular formula is C17H26N3O3S+. The highest BCUT2D eigenvalue weighted by Gasteiger charge is 2.35. The number of amides is 1. The van der Waals surface area contributed by atoms with E-state index in [4.69, 9.17) is 0 Å². The van der Waals surface area contributed by atoms with Gasteiger partial charge in [0.05, 0.1) is 31.1 Å². The summed E-state index contributed by atoms with van der Waals surface area (Å²) in [6, 6.07) is 7.19. The number of sulfonamides is 1. The van der Waals surface area contributed by atoms with Crippen LogP contribution in [-0.4, -0.2) is 56.9 Å². The summed E-state index contributed by atoms with van der Waals surface area (Å²) in [5.41, 5.74) is 1.04. The van der Waals surface area contributed by atoms with Gasteiger partial charge in [0.25, 0.3) is 5.91 Å². The van der Waals surface area contributed by atoms with Gasteiger partial charge in [-0.25, -0.2) is 8.42 Å². The van der Waals surface area contributed by atoms with E-state index in [0.717, 1.165) is 23.3 Å². The summed E-state index contributed by atoms with van der Waals surface area (Å²) in [5.74, 6) is 0.0855. The summed E-state index contributed by atoms with van der Waals surface area (Å²) in [6.07, 6.45) is 2.16. The molecule has 6 nitrogen and oxygen atoms in total. The second-order valence-corrected chi connectivity index (χ2v) is 8.82. The average Bonchev–Trinajstić information content (AvgIpc) is 3.38. The van der Waals surface area contributed by atoms with Gasteiger partial charge < -0.3 is 10.2 Å². The lowest BCUT2D eigenvalue weighted by Gasteiger charge is -2.34. The van der Waals surface area contributed by atoms with Crippen molar-refractivity contribution >= 4 is 15.9 Å². The Morgan fingerprint density at radius 2 is 1.79 bits per heavy atom. The van der Waals surface area contributed by atoms with Gasteiger partial charge in [-0.1, -0.05) is 17.7 Å². The number of piperazine rings is 1. The fourth-order valence-corrected chi connectivity index (χ4v) is 4.49. The zero-order valence-corrected chi connectivity index (χ0v) is 15.1. The first-order chi connectivity index (χ1) is 11.4.